The third-order valence-electron chi connectivity index (χ3n) is 3.62. The molecule has 0 spiro atoms. The van der Waals surface area contributed by atoms with Gasteiger partial charge in [0.1, 0.15) is 0 Å². The maximum Gasteiger partial charge on any atom is 0.198 e. The second-order valence-electron chi connectivity index (χ2n) is 5.22. The molecule has 1 aliphatic rings. The van der Waals surface area contributed by atoms with E-state index in [9.17, 15) is 0 Å². The Hall–Kier alpha value is -0.860. The van der Waals surface area contributed by atoms with Crippen molar-refractivity contribution < 1.29 is 9.47 Å². The van der Waals surface area contributed by atoms with E-state index in [1.54, 1.807) is 7.11 Å². The molecule has 1 N–H and O–H groups in total. The summed E-state index contributed by atoms with van der Waals surface area (Å²) >= 11 is 0. The van der Waals surface area contributed by atoms with Crippen LogP contribution in [0.25, 0.3) is 0 Å². The van der Waals surface area contributed by atoms with Gasteiger partial charge < -0.3 is 19.7 Å². The molecule has 0 amide bonds. The van der Waals surface area contributed by atoms with Gasteiger partial charge in [0.25, 0.3) is 0 Å². The quantitative estimate of drug-likeness (QED) is 0.297. The molecule has 130 valence electrons. The van der Waals surface area contributed by atoms with Gasteiger partial charge in [0.05, 0.1) is 13.2 Å². The summed E-state index contributed by atoms with van der Waals surface area (Å²) in [6.07, 6.45) is 2.01. The van der Waals surface area contributed by atoms with Crippen molar-refractivity contribution in [3.8, 4) is 0 Å². The van der Waals surface area contributed by atoms with E-state index >= 15 is 0 Å². The zero-order valence-corrected chi connectivity index (χ0v) is 16.4. The Morgan fingerprint density at radius 1 is 1.26 bits per heavy atom. The lowest BCUT2D eigenvalue weighted by Crippen LogP contribution is -2.40. The van der Waals surface area contributed by atoms with Crippen LogP contribution in [-0.2, 0) is 15.9 Å². The third kappa shape index (κ3) is 6.27. The average Bonchev–Trinajstić information content (AvgIpc) is 2.97. The van der Waals surface area contributed by atoms with Gasteiger partial charge in [-0.15, -0.1) is 24.0 Å². The van der Waals surface area contributed by atoms with E-state index in [-0.39, 0.29) is 24.0 Å². The molecule has 0 bridgehead atoms. The second kappa shape index (κ2) is 11.6. The van der Waals surface area contributed by atoms with Crippen LogP contribution >= 0.6 is 24.0 Å². The van der Waals surface area contributed by atoms with Crippen molar-refractivity contribution in [1.82, 2.24) is 5.32 Å². The van der Waals surface area contributed by atoms with Crippen LogP contribution in [0.2, 0.25) is 0 Å². The number of para-hydroxylation sites is 1. The molecule has 0 saturated heterocycles. The molecule has 0 unspecified atom stereocenters. The van der Waals surface area contributed by atoms with Crippen LogP contribution < -0.4 is 10.2 Å². The van der Waals surface area contributed by atoms with Crippen molar-refractivity contribution in [2.45, 2.75) is 19.8 Å². The number of nitrogens with one attached hydrogen (secondary N) is 1. The van der Waals surface area contributed by atoms with E-state index in [0.29, 0.717) is 13.2 Å². The summed E-state index contributed by atoms with van der Waals surface area (Å²) in [4.78, 5) is 7.01. The Bertz CT molecular complexity index is 483. The van der Waals surface area contributed by atoms with E-state index in [2.05, 4.69) is 41.4 Å². The number of halogens is 1. The zero-order chi connectivity index (χ0) is 15.6. The summed E-state index contributed by atoms with van der Waals surface area (Å²) in [5.41, 5.74) is 2.68. The highest BCUT2D eigenvalue weighted by Crippen LogP contribution is 2.27. The minimum Gasteiger partial charge on any atom is -0.382 e. The van der Waals surface area contributed by atoms with Crippen LogP contribution in [0.4, 0.5) is 5.69 Å². The first kappa shape index (κ1) is 20.2. The standard InChI is InChI=1S/C17H27N3O2.HI/c1-3-18-17(19-10-6-12-22-14-13-21-2)20-11-9-15-7-4-5-8-16(15)20;/h4-5,7-8H,3,6,9-14H2,1-2H3,(H,18,19);1H. The minimum absolute atomic E-state index is 0. The van der Waals surface area contributed by atoms with E-state index in [0.717, 1.165) is 45.0 Å². The van der Waals surface area contributed by atoms with Crippen LogP contribution in [0.15, 0.2) is 29.3 Å². The van der Waals surface area contributed by atoms with Gasteiger partial charge in [-0.05, 0) is 31.4 Å². The number of methoxy groups -OCH3 is 1. The summed E-state index contributed by atoms with van der Waals surface area (Å²) in [5.74, 6) is 0.976. The number of benzene rings is 1. The van der Waals surface area contributed by atoms with Crippen molar-refractivity contribution in [1.29, 1.82) is 0 Å². The number of rotatable bonds is 8. The van der Waals surface area contributed by atoms with E-state index in [1.807, 2.05) is 0 Å². The molecule has 0 aromatic heterocycles. The first-order chi connectivity index (χ1) is 10.9. The Morgan fingerprint density at radius 2 is 2.09 bits per heavy atom. The van der Waals surface area contributed by atoms with E-state index in [4.69, 9.17) is 14.5 Å². The van der Waals surface area contributed by atoms with Gasteiger partial charge in [0.15, 0.2) is 5.96 Å². The molecule has 1 aliphatic heterocycles. The molecule has 1 aromatic carbocycles. The largest absolute Gasteiger partial charge is 0.382 e. The van der Waals surface area contributed by atoms with Gasteiger partial charge in [-0.25, -0.2) is 0 Å². The molecular formula is C17H28IN3O2. The number of nitrogens with zero attached hydrogens (tertiary/aromatic N) is 2. The number of ether oxygens (including phenoxy) is 2. The van der Waals surface area contributed by atoms with Gasteiger partial charge in [0.2, 0.25) is 0 Å². The van der Waals surface area contributed by atoms with E-state index in [1.165, 1.54) is 11.3 Å². The molecule has 0 radical (unpaired) electrons. The first-order valence-electron chi connectivity index (χ1n) is 8.07. The van der Waals surface area contributed by atoms with Crippen LogP contribution in [0.3, 0.4) is 0 Å². The normalized spacial score (nSPS) is 13.7. The van der Waals surface area contributed by atoms with Gasteiger partial charge in [0, 0.05) is 39.0 Å². The van der Waals surface area contributed by atoms with Crippen LogP contribution in [-0.4, -0.2) is 52.5 Å². The monoisotopic (exact) mass is 433 g/mol. The molecular weight excluding hydrogens is 405 g/mol. The number of anilines is 1. The first-order valence-corrected chi connectivity index (χ1v) is 8.07. The lowest BCUT2D eigenvalue weighted by Gasteiger charge is -2.22. The fourth-order valence-electron chi connectivity index (χ4n) is 2.55. The molecule has 0 aliphatic carbocycles. The molecule has 23 heavy (non-hydrogen) atoms. The van der Waals surface area contributed by atoms with Crippen molar-refractivity contribution >= 4 is 35.6 Å². The number of hydrogen-bond acceptors (Lipinski definition) is 3. The Labute approximate surface area is 156 Å². The molecule has 0 saturated carbocycles. The van der Waals surface area contributed by atoms with Crippen LogP contribution in [0, 0.1) is 0 Å². The number of aliphatic imine (C=N–C) groups is 1. The van der Waals surface area contributed by atoms with Crippen molar-refractivity contribution in [2.75, 3.05) is 51.5 Å². The van der Waals surface area contributed by atoms with Gasteiger partial charge in [-0.3, -0.25) is 4.99 Å². The second-order valence-corrected chi connectivity index (χ2v) is 5.22. The number of hydrogen-bond donors (Lipinski definition) is 1. The van der Waals surface area contributed by atoms with Gasteiger partial charge >= 0.3 is 0 Å². The Balaban J connectivity index is 0.00000264. The molecule has 2 rings (SSSR count). The van der Waals surface area contributed by atoms with Gasteiger partial charge in [-0.1, -0.05) is 18.2 Å². The van der Waals surface area contributed by atoms with Crippen LogP contribution in [0.1, 0.15) is 18.9 Å². The topological polar surface area (TPSA) is 46.1 Å². The summed E-state index contributed by atoms with van der Waals surface area (Å²) in [7, 11) is 1.68. The minimum atomic E-state index is 0. The predicted octanol–water partition coefficient (Wildman–Crippen LogP) is 2.69. The molecule has 6 heteroatoms. The smallest absolute Gasteiger partial charge is 0.198 e. The lowest BCUT2D eigenvalue weighted by atomic mass is 10.2. The summed E-state index contributed by atoms with van der Waals surface area (Å²) in [6.45, 7) is 6.77. The Morgan fingerprint density at radius 3 is 2.87 bits per heavy atom. The highest BCUT2D eigenvalue weighted by Gasteiger charge is 2.22. The summed E-state index contributed by atoms with van der Waals surface area (Å²) in [6, 6.07) is 8.56. The van der Waals surface area contributed by atoms with Crippen molar-refractivity contribution in [3.63, 3.8) is 0 Å². The van der Waals surface area contributed by atoms with Crippen LogP contribution in [0.5, 0.6) is 0 Å². The zero-order valence-electron chi connectivity index (χ0n) is 14.1. The number of fused-ring (bicyclic) bond motifs is 1. The van der Waals surface area contributed by atoms with Gasteiger partial charge in [-0.2, -0.15) is 0 Å². The highest BCUT2D eigenvalue weighted by molar-refractivity contribution is 14.0. The predicted molar refractivity (Wildman–Crippen MR) is 106 cm³/mol. The van der Waals surface area contributed by atoms with E-state index < -0.39 is 0 Å². The molecule has 1 aromatic rings. The third-order valence-corrected chi connectivity index (χ3v) is 3.62. The summed E-state index contributed by atoms with van der Waals surface area (Å²) < 4.78 is 10.4. The van der Waals surface area contributed by atoms with Crippen molar-refractivity contribution in [2.24, 2.45) is 4.99 Å². The SMILES string of the molecule is CCNC(=NCCCOCCOC)N1CCc2ccccc21.I. The maximum atomic E-state index is 5.47. The fourth-order valence-corrected chi connectivity index (χ4v) is 2.55. The van der Waals surface area contributed by atoms with Crippen molar-refractivity contribution in [3.05, 3.63) is 29.8 Å². The molecule has 1 heterocycles. The summed E-state index contributed by atoms with van der Waals surface area (Å²) in [5, 5.41) is 3.39. The average molecular weight is 433 g/mol. The molecule has 0 fully saturated rings. The Kier molecular flexibility index (Phi) is 10.2. The molecule has 0 atom stereocenters. The molecule has 5 nitrogen and oxygen atoms in total. The number of guanidine groups is 1. The fraction of sp³-hybridized carbons (Fsp3) is 0.588. The highest BCUT2D eigenvalue weighted by atomic mass is 127. The lowest BCUT2D eigenvalue weighted by molar-refractivity contribution is 0.0702. The maximum absolute atomic E-state index is 5.47.